The number of likely N-dealkylation sites (tertiary alicyclic amines) is 1. The highest BCUT2D eigenvalue weighted by Gasteiger charge is 2.33. The lowest BCUT2D eigenvalue weighted by Gasteiger charge is -2.33. The fourth-order valence-corrected chi connectivity index (χ4v) is 5.28. The Labute approximate surface area is 167 Å². The molecular formula is C22H32N4O2. The van der Waals surface area contributed by atoms with E-state index in [1.54, 1.807) is 0 Å². The smallest absolute Gasteiger partial charge is 0.231 e. The summed E-state index contributed by atoms with van der Waals surface area (Å²) in [4.78, 5) is 19.8. The molecule has 2 aliphatic carbocycles. The van der Waals surface area contributed by atoms with E-state index in [2.05, 4.69) is 16.1 Å². The Bertz CT molecular complexity index is 702. The fourth-order valence-electron chi connectivity index (χ4n) is 5.28. The third-order valence-corrected chi connectivity index (χ3v) is 6.97. The number of nitrogens with zero attached hydrogens (tertiary/aromatic N) is 4. The topological polar surface area (TPSA) is 83.0 Å². The second-order valence-electron chi connectivity index (χ2n) is 8.99. The van der Waals surface area contributed by atoms with Crippen molar-refractivity contribution < 1.29 is 9.32 Å². The third kappa shape index (κ3) is 4.39. The standard InChI is InChI=1S/C22H32N4O2/c23-14-16-7-5-10-18(13-16)20-24-21(28-25-20)19-11-6-12-26(15-19)22(27)17-8-3-1-2-4-9-17/h16-19H,1-13,15H2. The predicted octanol–water partition coefficient (Wildman–Crippen LogP) is 4.54. The molecule has 0 spiro atoms. The maximum atomic E-state index is 13.0. The van der Waals surface area contributed by atoms with E-state index in [0.29, 0.717) is 18.3 Å². The molecule has 1 aromatic heterocycles. The molecule has 0 N–H and O–H groups in total. The molecule has 28 heavy (non-hydrogen) atoms. The molecule has 1 aromatic rings. The van der Waals surface area contributed by atoms with Crippen LogP contribution in [0.25, 0.3) is 0 Å². The molecule has 1 amide bonds. The van der Waals surface area contributed by atoms with Crippen molar-refractivity contribution in [3.05, 3.63) is 11.7 Å². The maximum absolute atomic E-state index is 13.0. The summed E-state index contributed by atoms with van der Waals surface area (Å²) < 4.78 is 5.64. The van der Waals surface area contributed by atoms with Gasteiger partial charge >= 0.3 is 0 Å². The molecule has 2 heterocycles. The van der Waals surface area contributed by atoms with Crippen LogP contribution in [0.15, 0.2) is 4.52 Å². The minimum Gasteiger partial charge on any atom is -0.342 e. The van der Waals surface area contributed by atoms with Crippen molar-refractivity contribution in [3.8, 4) is 6.07 Å². The van der Waals surface area contributed by atoms with Gasteiger partial charge in [-0.05, 0) is 44.9 Å². The Balaban J connectivity index is 1.39. The van der Waals surface area contributed by atoms with Crippen molar-refractivity contribution in [1.82, 2.24) is 15.0 Å². The van der Waals surface area contributed by atoms with Crippen LogP contribution in [0.2, 0.25) is 0 Å². The Morgan fingerprint density at radius 1 is 1.00 bits per heavy atom. The van der Waals surface area contributed by atoms with E-state index in [-0.39, 0.29) is 23.7 Å². The number of carbonyl (C=O) groups is 1. The molecule has 6 nitrogen and oxygen atoms in total. The van der Waals surface area contributed by atoms with E-state index in [1.165, 1.54) is 25.7 Å². The molecule has 0 aromatic carbocycles. The number of nitriles is 1. The molecule has 6 heteroatoms. The lowest BCUT2D eigenvalue weighted by atomic mass is 9.82. The molecule has 1 saturated heterocycles. The van der Waals surface area contributed by atoms with Crippen LogP contribution in [-0.2, 0) is 4.79 Å². The summed E-state index contributed by atoms with van der Waals surface area (Å²) in [5, 5.41) is 13.5. The average Bonchev–Trinajstić information content (AvgIpc) is 3.09. The summed E-state index contributed by atoms with van der Waals surface area (Å²) in [5.41, 5.74) is 0. The van der Waals surface area contributed by atoms with Gasteiger partial charge in [0.05, 0.1) is 12.0 Å². The number of piperidine rings is 1. The summed E-state index contributed by atoms with van der Waals surface area (Å²) >= 11 is 0. The van der Waals surface area contributed by atoms with Crippen LogP contribution >= 0.6 is 0 Å². The van der Waals surface area contributed by atoms with Gasteiger partial charge in [-0.3, -0.25) is 4.79 Å². The normalized spacial score (nSPS) is 29.8. The first-order valence-electron chi connectivity index (χ1n) is 11.3. The second-order valence-corrected chi connectivity index (χ2v) is 8.99. The minimum absolute atomic E-state index is 0.114. The molecule has 1 aliphatic heterocycles. The van der Waals surface area contributed by atoms with Crippen molar-refractivity contribution >= 4 is 5.91 Å². The minimum atomic E-state index is 0.114. The molecule has 0 radical (unpaired) electrons. The van der Waals surface area contributed by atoms with E-state index in [4.69, 9.17) is 9.51 Å². The van der Waals surface area contributed by atoms with Crippen LogP contribution in [0.5, 0.6) is 0 Å². The van der Waals surface area contributed by atoms with Gasteiger partial charge in [0.25, 0.3) is 0 Å². The van der Waals surface area contributed by atoms with Crippen LogP contribution in [0.1, 0.15) is 101 Å². The van der Waals surface area contributed by atoms with Gasteiger partial charge in [-0.15, -0.1) is 0 Å². The predicted molar refractivity (Wildman–Crippen MR) is 104 cm³/mol. The third-order valence-electron chi connectivity index (χ3n) is 6.97. The Kier molecular flexibility index (Phi) is 6.29. The summed E-state index contributed by atoms with van der Waals surface area (Å²) in [6.07, 6.45) is 12.9. The van der Waals surface area contributed by atoms with Crippen molar-refractivity contribution in [2.75, 3.05) is 13.1 Å². The maximum Gasteiger partial charge on any atom is 0.231 e. The summed E-state index contributed by atoms with van der Waals surface area (Å²) in [5.74, 6) is 2.51. The summed E-state index contributed by atoms with van der Waals surface area (Å²) in [6, 6.07) is 2.40. The molecule has 3 fully saturated rings. The first-order chi connectivity index (χ1) is 13.7. The zero-order valence-corrected chi connectivity index (χ0v) is 16.8. The monoisotopic (exact) mass is 384 g/mol. The molecule has 2 saturated carbocycles. The van der Waals surface area contributed by atoms with E-state index >= 15 is 0 Å². The first-order valence-corrected chi connectivity index (χ1v) is 11.3. The van der Waals surface area contributed by atoms with Crippen molar-refractivity contribution in [1.29, 1.82) is 5.26 Å². The van der Waals surface area contributed by atoms with Crippen molar-refractivity contribution in [2.45, 2.75) is 88.9 Å². The highest BCUT2D eigenvalue weighted by atomic mass is 16.5. The Morgan fingerprint density at radius 2 is 1.79 bits per heavy atom. The average molecular weight is 385 g/mol. The second kappa shape index (κ2) is 9.07. The van der Waals surface area contributed by atoms with E-state index < -0.39 is 0 Å². The largest absolute Gasteiger partial charge is 0.342 e. The van der Waals surface area contributed by atoms with Crippen LogP contribution in [0.3, 0.4) is 0 Å². The molecule has 3 atom stereocenters. The number of aromatic nitrogens is 2. The lowest BCUT2D eigenvalue weighted by Crippen LogP contribution is -2.42. The van der Waals surface area contributed by atoms with Crippen LogP contribution in [0.4, 0.5) is 0 Å². The Hall–Kier alpha value is -1.90. The van der Waals surface area contributed by atoms with E-state index in [0.717, 1.165) is 63.7 Å². The van der Waals surface area contributed by atoms with Crippen LogP contribution in [-0.4, -0.2) is 34.0 Å². The highest BCUT2D eigenvalue weighted by molar-refractivity contribution is 5.79. The van der Waals surface area contributed by atoms with Crippen molar-refractivity contribution in [2.24, 2.45) is 11.8 Å². The quantitative estimate of drug-likeness (QED) is 0.714. The van der Waals surface area contributed by atoms with Gasteiger partial charge in [-0.25, -0.2) is 0 Å². The zero-order valence-electron chi connectivity index (χ0n) is 16.8. The van der Waals surface area contributed by atoms with Gasteiger partial charge < -0.3 is 9.42 Å². The molecular weight excluding hydrogens is 352 g/mol. The number of hydrogen-bond donors (Lipinski definition) is 0. The van der Waals surface area contributed by atoms with Gasteiger partial charge in [0, 0.05) is 30.8 Å². The molecule has 3 aliphatic rings. The van der Waals surface area contributed by atoms with Crippen molar-refractivity contribution in [3.63, 3.8) is 0 Å². The van der Waals surface area contributed by atoms with Crippen LogP contribution < -0.4 is 0 Å². The first kappa shape index (κ1) is 19.4. The zero-order chi connectivity index (χ0) is 19.3. The molecule has 152 valence electrons. The SMILES string of the molecule is N#CC1CCCC(c2noc(C3CCCN(C(=O)C4CCCCCC4)C3)n2)C1. The number of rotatable bonds is 3. The van der Waals surface area contributed by atoms with E-state index in [9.17, 15) is 10.1 Å². The van der Waals surface area contributed by atoms with Gasteiger partial charge in [-0.1, -0.05) is 37.3 Å². The van der Waals surface area contributed by atoms with Gasteiger partial charge in [0.15, 0.2) is 5.82 Å². The molecule has 0 bridgehead atoms. The number of carbonyl (C=O) groups excluding carboxylic acids is 1. The number of hydrogen-bond acceptors (Lipinski definition) is 5. The van der Waals surface area contributed by atoms with E-state index in [1.807, 2.05) is 0 Å². The lowest BCUT2D eigenvalue weighted by molar-refractivity contribution is -0.137. The fraction of sp³-hybridized carbons (Fsp3) is 0.818. The van der Waals surface area contributed by atoms with Gasteiger partial charge in [0.2, 0.25) is 11.8 Å². The van der Waals surface area contributed by atoms with Crippen LogP contribution in [0, 0.1) is 23.2 Å². The Morgan fingerprint density at radius 3 is 2.57 bits per heavy atom. The highest BCUT2D eigenvalue weighted by Crippen LogP contribution is 2.36. The van der Waals surface area contributed by atoms with Gasteiger partial charge in [-0.2, -0.15) is 10.2 Å². The summed E-state index contributed by atoms with van der Waals surface area (Å²) in [7, 11) is 0. The molecule has 4 rings (SSSR count). The van der Waals surface area contributed by atoms with Gasteiger partial charge in [0.1, 0.15) is 0 Å². The summed E-state index contributed by atoms with van der Waals surface area (Å²) in [6.45, 7) is 1.57. The molecule has 3 unspecified atom stereocenters. The number of amides is 1.